The molecule has 6 heteroatoms. The van der Waals surface area contributed by atoms with Crippen molar-refractivity contribution in [3.05, 3.63) is 22.8 Å². The van der Waals surface area contributed by atoms with Gasteiger partial charge in [-0.3, -0.25) is 4.79 Å². The summed E-state index contributed by atoms with van der Waals surface area (Å²) in [6.07, 6.45) is 2.73. The van der Waals surface area contributed by atoms with Crippen LogP contribution in [0.15, 0.2) is 27.8 Å². The minimum Gasteiger partial charge on any atom is -0.465 e. The SMILES string of the molecule is CCCNC(CSc1ccc(Br)cn1)C(=O)OCC. The first-order valence-corrected chi connectivity index (χ1v) is 8.09. The third kappa shape index (κ3) is 6.40. The standard InChI is InChI=1S/C13H19BrN2O2S/c1-3-7-15-11(13(17)18-4-2)9-19-12-6-5-10(14)8-16-12/h5-6,8,11,15H,3-4,7,9H2,1-2H3. The van der Waals surface area contributed by atoms with Crippen LogP contribution in [0, 0.1) is 0 Å². The summed E-state index contributed by atoms with van der Waals surface area (Å²) in [5, 5.41) is 4.10. The Bertz CT molecular complexity index is 387. The number of carbonyl (C=O) groups is 1. The van der Waals surface area contributed by atoms with E-state index in [0.717, 1.165) is 22.5 Å². The average Bonchev–Trinajstić information content (AvgIpc) is 2.41. The Kier molecular flexibility index (Phi) is 8.09. The zero-order valence-electron chi connectivity index (χ0n) is 11.2. The van der Waals surface area contributed by atoms with Gasteiger partial charge in [-0.2, -0.15) is 0 Å². The van der Waals surface area contributed by atoms with Gasteiger partial charge in [0.2, 0.25) is 0 Å². The monoisotopic (exact) mass is 346 g/mol. The molecule has 1 heterocycles. The van der Waals surface area contributed by atoms with Gasteiger partial charge in [-0.15, -0.1) is 11.8 Å². The molecule has 0 bridgehead atoms. The first-order valence-electron chi connectivity index (χ1n) is 6.31. The van der Waals surface area contributed by atoms with Crippen LogP contribution in [-0.4, -0.2) is 35.9 Å². The molecule has 1 atom stereocenters. The predicted molar refractivity (Wildman–Crippen MR) is 81.4 cm³/mol. The minimum absolute atomic E-state index is 0.194. The fourth-order valence-corrected chi connectivity index (χ4v) is 2.51. The molecule has 1 unspecified atom stereocenters. The van der Waals surface area contributed by atoms with E-state index >= 15 is 0 Å². The van der Waals surface area contributed by atoms with Crippen molar-refractivity contribution in [3.63, 3.8) is 0 Å². The summed E-state index contributed by atoms with van der Waals surface area (Å²) in [5.74, 6) is 0.425. The molecule has 1 rings (SSSR count). The highest BCUT2D eigenvalue weighted by atomic mass is 79.9. The Hall–Kier alpha value is -0.590. The van der Waals surface area contributed by atoms with Gasteiger partial charge in [-0.25, -0.2) is 4.98 Å². The van der Waals surface area contributed by atoms with E-state index in [9.17, 15) is 4.79 Å². The van der Waals surface area contributed by atoms with E-state index in [1.165, 1.54) is 0 Å². The maximum absolute atomic E-state index is 11.8. The smallest absolute Gasteiger partial charge is 0.323 e. The van der Waals surface area contributed by atoms with Gasteiger partial charge in [0.15, 0.2) is 0 Å². The van der Waals surface area contributed by atoms with Gasteiger partial charge in [0, 0.05) is 16.4 Å². The second-order valence-corrected chi connectivity index (χ2v) is 5.84. The zero-order valence-corrected chi connectivity index (χ0v) is 13.6. The Morgan fingerprint density at radius 1 is 1.53 bits per heavy atom. The van der Waals surface area contributed by atoms with Crippen molar-refractivity contribution in [3.8, 4) is 0 Å². The van der Waals surface area contributed by atoms with Gasteiger partial charge in [0.05, 0.1) is 11.6 Å². The number of hydrogen-bond acceptors (Lipinski definition) is 5. The quantitative estimate of drug-likeness (QED) is 0.579. The second kappa shape index (κ2) is 9.34. The molecule has 0 saturated heterocycles. The lowest BCUT2D eigenvalue weighted by Crippen LogP contribution is -2.40. The third-order valence-electron chi connectivity index (χ3n) is 2.31. The molecular weight excluding hydrogens is 328 g/mol. The van der Waals surface area contributed by atoms with Crippen molar-refractivity contribution in [2.75, 3.05) is 18.9 Å². The molecule has 0 amide bonds. The lowest BCUT2D eigenvalue weighted by atomic mass is 10.3. The van der Waals surface area contributed by atoms with Crippen LogP contribution in [0.2, 0.25) is 0 Å². The molecule has 1 aromatic heterocycles. The highest BCUT2D eigenvalue weighted by Crippen LogP contribution is 2.18. The van der Waals surface area contributed by atoms with E-state index in [1.807, 2.05) is 19.1 Å². The summed E-state index contributed by atoms with van der Waals surface area (Å²) in [6.45, 7) is 5.10. The number of ether oxygens (including phenoxy) is 1. The van der Waals surface area contributed by atoms with Crippen LogP contribution in [0.4, 0.5) is 0 Å². The molecule has 0 fully saturated rings. The van der Waals surface area contributed by atoms with Crippen LogP contribution in [0.1, 0.15) is 20.3 Å². The van der Waals surface area contributed by atoms with Crippen molar-refractivity contribution in [2.45, 2.75) is 31.3 Å². The molecule has 1 aromatic rings. The first kappa shape index (κ1) is 16.5. The highest BCUT2D eigenvalue weighted by molar-refractivity contribution is 9.10. The maximum atomic E-state index is 11.8. The number of hydrogen-bond donors (Lipinski definition) is 1. The number of carbonyl (C=O) groups excluding carboxylic acids is 1. The van der Waals surface area contributed by atoms with Crippen molar-refractivity contribution >= 4 is 33.7 Å². The molecule has 0 radical (unpaired) electrons. The Labute approximate surface area is 126 Å². The molecule has 0 aliphatic heterocycles. The Morgan fingerprint density at radius 3 is 2.89 bits per heavy atom. The summed E-state index contributed by atoms with van der Waals surface area (Å²) in [4.78, 5) is 16.1. The van der Waals surface area contributed by atoms with Gasteiger partial charge in [-0.05, 0) is 48.0 Å². The Balaban J connectivity index is 2.51. The van der Waals surface area contributed by atoms with Crippen molar-refractivity contribution in [1.29, 1.82) is 0 Å². The molecule has 1 N–H and O–H groups in total. The van der Waals surface area contributed by atoms with Gasteiger partial charge in [0.1, 0.15) is 6.04 Å². The van der Waals surface area contributed by atoms with Crippen molar-refractivity contribution < 1.29 is 9.53 Å². The zero-order chi connectivity index (χ0) is 14.1. The lowest BCUT2D eigenvalue weighted by Gasteiger charge is -2.16. The van der Waals surface area contributed by atoms with Crippen LogP contribution in [-0.2, 0) is 9.53 Å². The van der Waals surface area contributed by atoms with E-state index in [-0.39, 0.29) is 12.0 Å². The van der Waals surface area contributed by atoms with Gasteiger partial charge in [-0.1, -0.05) is 6.92 Å². The topological polar surface area (TPSA) is 51.2 Å². The summed E-state index contributed by atoms with van der Waals surface area (Å²) in [5.41, 5.74) is 0. The number of pyridine rings is 1. The van der Waals surface area contributed by atoms with Gasteiger partial charge < -0.3 is 10.1 Å². The molecule has 0 spiro atoms. The third-order valence-corrected chi connectivity index (χ3v) is 3.82. The summed E-state index contributed by atoms with van der Waals surface area (Å²) < 4.78 is 6.01. The first-order chi connectivity index (χ1) is 9.17. The molecule has 0 saturated carbocycles. The number of nitrogens with zero attached hydrogens (tertiary/aromatic N) is 1. The summed E-state index contributed by atoms with van der Waals surface area (Å²) in [6, 6.07) is 3.58. The molecule has 19 heavy (non-hydrogen) atoms. The van der Waals surface area contributed by atoms with Crippen molar-refractivity contribution in [1.82, 2.24) is 10.3 Å². The van der Waals surface area contributed by atoms with Crippen LogP contribution in [0.25, 0.3) is 0 Å². The summed E-state index contributed by atoms with van der Waals surface area (Å²) in [7, 11) is 0. The second-order valence-electron chi connectivity index (χ2n) is 3.88. The van der Waals surface area contributed by atoms with Crippen molar-refractivity contribution in [2.24, 2.45) is 0 Å². The molecule has 0 aliphatic rings. The number of nitrogens with one attached hydrogen (secondary N) is 1. The highest BCUT2D eigenvalue weighted by Gasteiger charge is 2.19. The van der Waals surface area contributed by atoms with E-state index in [0.29, 0.717) is 12.4 Å². The number of halogens is 1. The fraction of sp³-hybridized carbons (Fsp3) is 0.538. The number of thioether (sulfide) groups is 1. The van der Waals surface area contributed by atoms with Gasteiger partial charge >= 0.3 is 5.97 Å². The lowest BCUT2D eigenvalue weighted by molar-refractivity contribution is -0.144. The minimum atomic E-state index is -0.282. The largest absolute Gasteiger partial charge is 0.465 e. The van der Waals surface area contributed by atoms with E-state index in [4.69, 9.17) is 4.74 Å². The van der Waals surface area contributed by atoms with Crippen LogP contribution >= 0.6 is 27.7 Å². The number of aromatic nitrogens is 1. The Morgan fingerprint density at radius 2 is 2.32 bits per heavy atom. The van der Waals surface area contributed by atoms with Gasteiger partial charge in [0.25, 0.3) is 0 Å². The van der Waals surface area contributed by atoms with Crippen LogP contribution in [0.5, 0.6) is 0 Å². The molecule has 4 nitrogen and oxygen atoms in total. The molecule has 0 aliphatic carbocycles. The molecule has 106 valence electrons. The van der Waals surface area contributed by atoms with E-state index in [1.54, 1.807) is 18.0 Å². The average molecular weight is 347 g/mol. The summed E-state index contributed by atoms with van der Waals surface area (Å²) >= 11 is 4.89. The molecular formula is C13H19BrN2O2S. The maximum Gasteiger partial charge on any atom is 0.323 e. The number of rotatable bonds is 8. The van der Waals surface area contributed by atoms with Crippen LogP contribution in [0.3, 0.4) is 0 Å². The van der Waals surface area contributed by atoms with Crippen LogP contribution < -0.4 is 5.32 Å². The predicted octanol–water partition coefficient (Wildman–Crippen LogP) is 2.87. The fourth-order valence-electron chi connectivity index (χ4n) is 1.39. The molecule has 0 aromatic carbocycles. The number of esters is 1. The normalized spacial score (nSPS) is 12.2. The van der Waals surface area contributed by atoms with E-state index in [2.05, 4.69) is 33.2 Å². The van der Waals surface area contributed by atoms with E-state index < -0.39 is 0 Å².